The molecule has 2 aromatic rings. The van der Waals surface area contributed by atoms with Gasteiger partial charge >= 0.3 is 6.01 Å². The number of fused-ring (bicyclic) bond motifs is 1. The Balaban J connectivity index is 1.29. The molecule has 2 aliphatic heterocycles. The third-order valence-corrected chi connectivity index (χ3v) is 5.71. The zero-order valence-corrected chi connectivity index (χ0v) is 16.2. The first kappa shape index (κ1) is 17.8. The Labute approximate surface area is 163 Å². The number of benzene rings is 1. The molecule has 0 bridgehead atoms. The second-order valence-corrected chi connectivity index (χ2v) is 8.02. The lowest BCUT2D eigenvalue weighted by molar-refractivity contribution is 0.0611. The van der Waals surface area contributed by atoms with E-state index in [0.29, 0.717) is 25.0 Å². The molecule has 3 heterocycles. The van der Waals surface area contributed by atoms with E-state index in [1.54, 1.807) is 4.68 Å². The summed E-state index contributed by atoms with van der Waals surface area (Å²) in [6, 6.07) is 8.30. The standard InChI is InChI=1S/C19H26N6O3/c1-24(2)13-4-3-5-14(8-13)28-19-21-22-23-25(19)16-11-27-17-15(10-26-18(16)17)20-9-12-6-7-12/h3-5,8,12,15-18,20H,6-7,9-11H2,1-2H3/t15-,16+,17-,18+/m0/s1. The molecule has 150 valence electrons. The molecule has 1 saturated carbocycles. The highest BCUT2D eigenvalue weighted by Gasteiger charge is 2.49. The van der Waals surface area contributed by atoms with Crippen molar-refractivity contribution in [3.05, 3.63) is 24.3 Å². The van der Waals surface area contributed by atoms with Crippen molar-refractivity contribution < 1.29 is 14.2 Å². The number of anilines is 1. The molecule has 4 atom stereocenters. The number of hydrogen-bond donors (Lipinski definition) is 1. The second-order valence-electron chi connectivity index (χ2n) is 8.02. The fourth-order valence-electron chi connectivity index (χ4n) is 3.90. The van der Waals surface area contributed by atoms with E-state index in [0.717, 1.165) is 18.2 Å². The minimum atomic E-state index is -0.0974. The largest absolute Gasteiger partial charge is 0.423 e. The van der Waals surface area contributed by atoms with Crippen LogP contribution < -0.4 is 15.0 Å². The molecule has 0 unspecified atom stereocenters. The minimum Gasteiger partial charge on any atom is -0.423 e. The summed E-state index contributed by atoms with van der Waals surface area (Å²) in [4.78, 5) is 2.02. The zero-order chi connectivity index (χ0) is 19.1. The normalized spacial score (nSPS) is 29.1. The number of rotatable bonds is 7. The van der Waals surface area contributed by atoms with Gasteiger partial charge in [0, 0.05) is 25.8 Å². The lowest BCUT2D eigenvalue weighted by atomic mass is 10.1. The van der Waals surface area contributed by atoms with Crippen molar-refractivity contribution in [2.24, 2.45) is 5.92 Å². The topological polar surface area (TPSA) is 86.6 Å². The molecule has 1 aliphatic carbocycles. The zero-order valence-electron chi connectivity index (χ0n) is 16.2. The first-order chi connectivity index (χ1) is 13.7. The summed E-state index contributed by atoms with van der Waals surface area (Å²) in [6.45, 7) is 2.21. The van der Waals surface area contributed by atoms with Gasteiger partial charge in [-0.05, 0) is 47.9 Å². The van der Waals surface area contributed by atoms with E-state index >= 15 is 0 Å². The van der Waals surface area contributed by atoms with Crippen molar-refractivity contribution >= 4 is 5.69 Å². The van der Waals surface area contributed by atoms with Gasteiger partial charge in [-0.3, -0.25) is 0 Å². The van der Waals surface area contributed by atoms with Gasteiger partial charge in [-0.1, -0.05) is 11.2 Å². The van der Waals surface area contributed by atoms with Crippen LogP contribution in [0.15, 0.2) is 24.3 Å². The van der Waals surface area contributed by atoms with Gasteiger partial charge in [0.1, 0.15) is 24.0 Å². The molecule has 3 fully saturated rings. The summed E-state index contributed by atoms with van der Waals surface area (Å²) in [7, 11) is 3.98. The van der Waals surface area contributed by atoms with Crippen LogP contribution in [0, 0.1) is 5.92 Å². The van der Waals surface area contributed by atoms with E-state index in [1.165, 1.54) is 12.8 Å². The summed E-state index contributed by atoms with van der Waals surface area (Å²) in [5, 5.41) is 15.7. The highest BCUT2D eigenvalue weighted by molar-refractivity contribution is 5.49. The predicted octanol–water partition coefficient (Wildman–Crippen LogP) is 1.24. The van der Waals surface area contributed by atoms with E-state index in [1.807, 2.05) is 43.3 Å². The van der Waals surface area contributed by atoms with E-state index in [2.05, 4.69) is 20.8 Å². The average molecular weight is 386 g/mol. The van der Waals surface area contributed by atoms with Crippen molar-refractivity contribution in [2.45, 2.75) is 37.1 Å². The van der Waals surface area contributed by atoms with Gasteiger partial charge in [0.15, 0.2) is 0 Å². The van der Waals surface area contributed by atoms with E-state index in [4.69, 9.17) is 14.2 Å². The van der Waals surface area contributed by atoms with Crippen LogP contribution in [0.4, 0.5) is 5.69 Å². The van der Waals surface area contributed by atoms with Gasteiger partial charge < -0.3 is 24.4 Å². The SMILES string of the molecule is CN(C)c1cccc(Oc2nnnn2[C@@H]2CO[C@@H]3[C@@H]2OC[C@@H]3NCC2CC2)c1. The second kappa shape index (κ2) is 7.31. The molecule has 1 aromatic carbocycles. The predicted molar refractivity (Wildman–Crippen MR) is 102 cm³/mol. The van der Waals surface area contributed by atoms with Gasteiger partial charge in [0.25, 0.3) is 0 Å². The molecule has 1 N–H and O–H groups in total. The Kier molecular flexibility index (Phi) is 4.65. The van der Waals surface area contributed by atoms with E-state index in [9.17, 15) is 0 Å². The quantitative estimate of drug-likeness (QED) is 0.761. The Hall–Kier alpha value is -2.23. The number of nitrogens with zero attached hydrogens (tertiary/aromatic N) is 5. The van der Waals surface area contributed by atoms with Gasteiger partial charge in [-0.25, -0.2) is 0 Å². The number of nitrogens with one attached hydrogen (secondary N) is 1. The number of aromatic nitrogens is 4. The maximum absolute atomic E-state index is 6.07. The van der Waals surface area contributed by atoms with Crippen LogP contribution in [0.25, 0.3) is 0 Å². The Morgan fingerprint density at radius 1 is 1.21 bits per heavy atom. The summed E-state index contributed by atoms with van der Waals surface area (Å²) in [5.74, 6) is 1.52. The number of hydrogen-bond acceptors (Lipinski definition) is 8. The smallest absolute Gasteiger partial charge is 0.341 e. The van der Waals surface area contributed by atoms with Crippen LogP contribution in [0.1, 0.15) is 18.9 Å². The van der Waals surface area contributed by atoms with Gasteiger partial charge in [0.2, 0.25) is 0 Å². The molecule has 0 radical (unpaired) electrons. The molecular weight excluding hydrogens is 360 g/mol. The fraction of sp³-hybridized carbons (Fsp3) is 0.632. The molecule has 0 amide bonds. The maximum atomic E-state index is 6.07. The fourth-order valence-corrected chi connectivity index (χ4v) is 3.90. The van der Waals surface area contributed by atoms with Crippen LogP contribution in [-0.4, -0.2) is 72.3 Å². The lowest BCUT2D eigenvalue weighted by Gasteiger charge is -2.18. The van der Waals surface area contributed by atoms with Crippen molar-refractivity contribution in [3.63, 3.8) is 0 Å². The van der Waals surface area contributed by atoms with Crippen molar-refractivity contribution in [2.75, 3.05) is 38.8 Å². The Bertz CT molecular complexity index is 824. The first-order valence-electron chi connectivity index (χ1n) is 9.89. The van der Waals surface area contributed by atoms with Crippen molar-refractivity contribution in [3.8, 4) is 11.8 Å². The Morgan fingerprint density at radius 3 is 2.89 bits per heavy atom. The number of tetrazole rings is 1. The Morgan fingerprint density at radius 2 is 2.07 bits per heavy atom. The molecule has 1 aromatic heterocycles. The molecule has 28 heavy (non-hydrogen) atoms. The molecule has 9 nitrogen and oxygen atoms in total. The molecule has 0 spiro atoms. The molecule has 5 rings (SSSR count). The maximum Gasteiger partial charge on any atom is 0.341 e. The highest BCUT2D eigenvalue weighted by atomic mass is 16.6. The van der Waals surface area contributed by atoms with Crippen LogP contribution in [-0.2, 0) is 9.47 Å². The van der Waals surface area contributed by atoms with Crippen molar-refractivity contribution in [1.82, 2.24) is 25.5 Å². The van der Waals surface area contributed by atoms with Gasteiger partial charge in [-0.15, -0.1) is 0 Å². The monoisotopic (exact) mass is 386 g/mol. The molecule has 9 heteroatoms. The van der Waals surface area contributed by atoms with Crippen LogP contribution >= 0.6 is 0 Å². The third kappa shape index (κ3) is 3.45. The first-order valence-corrected chi connectivity index (χ1v) is 9.89. The average Bonchev–Trinajstić information content (AvgIpc) is 3.08. The summed E-state index contributed by atoms with van der Waals surface area (Å²) < 4.78 is 19.8. The summed E-state index contributed by atoms with van der Waals surface area (Å²) >= 11 is 0. The van der Waals surface area contributed by atoms with E-state index < -0.39 is 0 Å². The molecule has 2 saturated heterocycles. The molecule has 3 aliphatic rings. The lowest BCUT2D eigenvalue weighted by Crippen LogP contribution is -2.41. The van der Waals surface area contributed by atoms with Crippen LogP contribution in [0.5, 0.6) is 11.8 Å². The summed E-state index contributed by atoms with van der Waals surface area (Å²) in [6.07, 6.45) is 2.62. The summed E-state index contributed by atoms with van der Waals surface area (Å²) in [5.41, 5.74) is 1.05. The van der Waals surface area contributed by atoms with E-state index in [-0.39, 0.29) is 24.3 Å². The van der Waals surface area contributed by atoms with Crippen LogP contribution in [0.2, 0.25) is 0 Å². The van der Waals surface area contributed by atoms with Crippen LogP contribution in [0.3, 0.4) is 0 Å². The third-order valence-electron chi connectivity index (χ3n) is 5.71. The van der Waals surface area contributed by atoms with Crippen molar-refractivity contribution in [1.29, 1.82) is 0 Å². The number of ether oxygens (including phenoxy) is 3. The minimum absolute atomic E-state index is 0.0258. The van der Waals surface area contributed by atoms with Gasteiger partial charge in [-0.2, -0.15) is 4.68 Å². The van der Waals surface area contributed by atoms with Gasteiger partial charge in [0.05, 0.1) is 19.3 Å². The molecular formula is C19H26N6O3. The highest BCUT2D eigenvalue weighted by Crippen LogP contribution is 2.37.